The summed E-state index contributed by atoms with van der Waals surface area (Å²) in [5, 5.41) is 0. The summed E-state index contributed by atoms with van der Waals surface area (Å²) < 4.78 is 10.9. The largest absolute Gasteiger partial charge is 0.496 e. The molecule has 0 radical (unpaired) electrons. The van der Waals surface area contributed by atoms with E-state index >= 15 is 0 Å². The van der Waals surface area contributed by atoms with Crippen LogP contribution in [0.1, 0.15) is 35.2 Å². The minimum Gasteiger partial charge on any atom is -0.496 e. The van der Waals surface area contributed by atoms with Gasteiger partial charge >= 0.3 is 0 Å². The Morgan fingerprint density at radius 1 is 1.31 bits per heavy atom. The number of nitrogens with zero attached hydrogens (tertiary/aromatic N) is 2. The number of morpholine rings is 1. The Morgan fingerprint density at radius 3 is 2.85 bits per heavy atom. The third-order valence-corrected chi connectivity index (χ3v) is 5.35. The smallest absolute Gasteiger partial charge is 0.254 e. The fourth-order valence-electron chi connectivity index (χ4n) is 3.93. The summed E-state index contributed by atoms with van der Waals surface area (Å²) in [6.45, 7) is 9.12. The first-order valence-corrected chi connectivity index (χ1v) is 9.62. The summed E-state index contributed by atoms with van der Waals surface area (Å²) in [6.07, 6.45) is 5.90. The van der Waals surface area contributed by atoms with E-state index < -0.39 is 0 Å². The fraction of sp³-hybridized carbons (Fsp3) is 0.571. The van der Waals surface area contributed by atoms with Gasteiger partial charge in [-0.1, -0.05) is 6.08 Å². The highest BCUT2D eigenvalue weighted by atomic mass is 16.5. The topological polar surface area (TPSA) is 42.0 Å². The van der Waals surface area contributed by atoms with Gasteiger partial charge in [0.25, 0.3) is 5.91 Å². The first kappa shape index (κ1) is 18.9. The van der Waals surface area contributed by atoms with Gasteiger partial charge in [-0.2, -0.15) is 0 Å². The van der Waals surface area contributed by atoms with Crippen LogP contribution in [0.3, 0.4) is 0 Å². The molecule has 0 spiro atoms. The zero-order chi connectivity index (χ0) is 18.4. The number of likely N-dealkylation sites (tertiary alicyclic amines) is 1. The predicted molar refractivity (Wildman–Crippen MR) is 103 cm³/mol. The molecule has 2 aliphatic heterocycles. The molecule has 5 heteroatoms. The molecule has 0 bridgehead atoms. The maximum atomic E-state index is 13.2. The van der Waals surface area contributed by atoms with Crippen molar-refractivity contribution in [2.75, 3.05) is 46.5 Å². The molecular weight excluding hydrogens is 328 g/mol. The number of amides is 1. The normalized spacial score (nSPS) is 21.4. The minimum absolute atomic E-state index is 0.135. The highest BCUT2D eigenvalue weighted by Gasteiger charge is 2.29. The Labute approximate surface area is 156 Å². The summed E-state index contributed by atoms with van der Waals surface area (Å²) in [4.78, 5) is 17.7. The van der Waals surface area contributed by atoms with Gasteiger partial charge in [-0.3, -0.25) is 9.69 Å². The van der Waals surface area contributed by atoms with E-state index in [4.69, 9.17) is 9.47 Å². The van der Waals surface area contributed by atoms with Crippen LogP contribution in [0.4, 0.5) is 0 Å². The summed E-state index contributed by atoms with van der Waals surface area (Å²) in [5.41, 5.74) is 1.76. The molecule has 1 aromatic carbocycles. The molecule has 26 heavy (non-hydrogen) atoms. The summed E-state index contributed by atoms with van der Waals surface area (Å²) >= 11 is 0. The second-order valence-corrected chi connectivity index (χ2v) is 7.08. The molecule has 142 valence electrons. The van der Waals surface area contributed by atoms with Crippen LogP contribution in [-0.4, -0.2) is 68.3 Å². The number of benzene rings is 1. The monoisotopic (exact) mass is 358 g/mol. The number of carbonyl (C=O) groups is 1. The van der Waals surface area contributed by atoms with Crippen LogP contribution in [0.25, 0.3) is 0 Å². The van der Waals surface area contributed by atoms with E-state index in [1.54, 1.807) is 7.11 Å². The van der Waals surface area contributed by atoms with Gasteiger partial charge in [0.15, 0.2) is 0 Å². The van der Waals surface area contributed by atoms with Crippen LogP contribution in [0.15, 0.2) is 30.9 Å². The van der Waals surface area contributed by atoms with Gasteiger partial charge in [0.05, 0.1) is 20.3 Å². The second-order valence-electron chi connectivity index (χ2n) is 7.08. The summed E-state index contributed by atoms with van der Waals surface area (Å²) in [7, 11) is 1.66. The average molecular weight is 358 g/mol. The molecule has 0 saturated carbocycles. The highest BCUT2D eigenvalue weighted by molar-refractivity contribution is 5.95. The van der Waals surface area contributed by atoms with Crippen molar-refractivity contribution in [3.63, 3.8) is 0 Å². The first-order valence-electron chi connectivity index (χ1n) is 9.62. The van der Waals surface area contributed by atoms with Crippen LogP contribution in [0.5, 0.6) is 5.75 Å². The Kier molecular flexibility index (Phi) is 6.69. The molecule has 0 aliphatic carbocycles. The van der Waals surface area contributed by atoms with Crippen molar-refractivity contribution in [2.24, 2.45) is 0 Å². The molecule has 0 unspecified atom stereocenters. The Bertz CT molecular complexity index is 626. The molecule has 1 atom stereocenters. The molecular formula is C21H30N2O3. The van der Waals surface area contributed by atoms with Crippen molar-refractivity contribution in [1.29, 1.82) is 0 Å². The molecule has 2 saturated heterocycles. The number of hydrogen-bond donors (Lipinski definition) is 0. The van der Waals surface area contributed by atoms with E-state index in [1.807, 2.05) is 24.3 Å². The van der Waals surface area contributed by atoms with Crippen LogP contribution < -0.4 is 4.74 Å². The lowest BCUT2D eigenvalue weighted by Gasteiger charge is -2.39. The Hall–Kier alpha value is -1.85. The van der Waals surface area contributed by atoms with Crippen molar-refractivity contribution in [1.82, 2.24) is 9.80 Å². The van der Waals surface area contributed by atoms with Gasteiger partial charge in [-0.15, -0.1) is 6.58 Å². The third kappa shape index (κ3) is 4.46. The number of carbonyl (C=O) groups excluding carboxylic acids is 1. The van der Waals surface area contributed by atoms with Gasteiger partial charge in [-0.25, -0.2) is 0 Å². The van der Waals surface area contributed by atoms with Crippen molar-refractivity contribution in [2.45, 2.75) is 31.7 Å². The molecule has 0 N–H and O–H groups in total. The average Bonchev–Trinajstić information content (AvgIpc) is 2.69. The third-order valence-electron chi connectivity index (χ3n) is 5.35. The lowest BCUT2D eigenvalue weighted by molar-refractivity contribution is 0.0166. The molecule has 1 aromatic rings. The molecule has 1 amide bonds. The maximum Gasteiger partial charge on any atom is 0.254 e. The zero-order valence-corrected chi connectivity index (χ0v) is 15.8. The molecule has 2 heterocycles. The molecule has 0 aromatic heterocycles. The van der Waals surface area contributed by atoms with E-state index in [-0.39, 0.29) is 5.91 Å². The Morgan fingerprint density at radius 2 is 2.12 bits per heavy atom. The lowest BCUT2D eigenvalue weighted by atomic mass is 9.99. The number of rotatable bonds is 6. The molecule has 2 fully saturated rings. The quantitative estimate of drug-likeness (QED) is 0.734. The van der Waals surface area contributed by atoms with Crippen LogP contribution >= 0.6 is 0 Å². The summed E-state index contributed by atoms with van der Waals surface area (Å²) in [5.74, 6) is 0.945. The molecule has 5 nitrogen and oxygen atoms in total. The molecule has 3 rings (SSSR count). The second kappa shape index (κ2) is 9.19. The predicted octanol–water partition coefficient (Wildman–Crippen LogP) is 2.75. The van der Waals surface area contributed by atoms with Crippen LogP contribution in [-0.2, 0) is 11.2 Å². The van der Waals surface area contributed by atoms with Crippen molar-refractivity contribution in [3.8, 4) is 5.75 Å². The Balaban J connectivity index is 1.75. The lowest BCUT2D eigenvalue weighted by Crippen LogP contribution is -2.51. The van der Waals surface area contributed by atoms with Gasteiger partial charge in [0, 0.05) is 37.8 Å². The van der Waals surface area contributed by atoms with E-state index in [1.165, 1.54) is 6.42 Å². The first-order chi connectivity index (χ1) is 12.7. The maximum absolute atomic E-state index is 13.2. The SMILES string of the molecule is C=CCc1cc(C(=O)N2CCCC[C@H]2CN2CCOCC2)ccc1OC. The van der Waals surface area contributed by atoms with Crippen molar-refractivity contribution < 1.29 is 14.3 Å². The zero-order valence-electron chi connectivity index (χ0n) is 15.8. The van der Waals surface area contributed by atoms with E-state index in [0.717, 1.165) is 69.1 Å². The highest BCUT2D eigenvalue weighted by Crippen LogP contribution is 2.25. The molecule has 2 aliphatic rings. The van der Waals surface area contributed by atoms with E-state index in [9.17, 15) is 4.79 Å². The number of ether oxygens (including phenoxy) is 2. The minimum atomic E-state index is 0.135. The van der Waals surface area contributed by atoms with Gasteiger partial charge in [0.2, 0.25) is 0 Å². The van der Waals surface area contributed by atoms with Crippen LogP contribution in [0.2, 0.25) is 0 Å². The number of methoxy groups -OCH3 is 1. The van der Waals surface area contributed by atoms with Gasteiger partial charge in [0.1, 0.15) is 5.75 Å². The number of allylic oxidation sites excluding steroid dienone is 1. The standard InChI is InChI=1S/C21H30N2O3/c1-3-6-17-15-18(8-9-20(17)25-2)21(24)23-10-5-4-7-19(23)16-22-11-13-26-14-12-22/h3,8-9,15,19H,1,4-7,10-14,16H2,2H3/t19-/m0/s1. The van der Waals surface area contributed by atoms with Crippen molar-refractivity contribution in [3.05, 3.63) is 42.0 Å². The summed E-state index contributed by atoms with van der Waals surface area (Å²) in [6, 6.07) is 6.03. The van der Waals surface area contributed by atoms with Gasteiger partial charge < -0.3 is 14.4 Å². The fourth-order valence-corrected chi connectivity index (χ4v) is 3.93. The van der Waals surface area contributed by atoms with Gasteiger partial charge in [-0.05, 0) is 49.4 Å². The van der Waals surface area contributed by atoms with E-state index in [0.29, 0.717) is 12.5 Å². The number of piperidine rings is 1. The van der Waals surface area contributed by atoms with Crippen molar-refractivity contribution >= 4 is 5.91 Å². The van der Waals surface area contributed by atoms with Crippen LogP contribution in [0, 0.1) is 0 Å². The van der Waals surface area contributed by atoms with E-state index in [2.05, 4.69) is 16.4 Å². The number of hydrogen-bond acceptors (Lipinski definition) is 4.